The fourth-order valence-corrected chi connectivity index (χ4v) is 2.15. The molecule has 78 valence electrons. The Hall–Kier alpha value is -0.280. The van der Waals surface area contributed by atoms with Crippen LogP contribution in [0, 0.1) is 11.7 Å². The first kappa shape index (κ1) is 11.8. The molecule has 14 heavy (non-hydrogen) atoms. The van der Waals surface area contributed by atoms with Crippen molar-refractivity contribution in [1.29, 1.82) is 0 Å². The molecule has 0 aromatic carbocycles. The Labute approximate surface area is 93.1 Å². The van der Waals surface area contributed by atoms with Crippen molar-refractivity contribution < 1.29 is 4.39 Å². The zero-order valence-electron chi connectivity index (χ0n) is 8.26. The van der Waals surface area contributed by atoms with Crippen molar-refractivity contribution in [2.75, 3.05) is 5.75 Å². The molecule has 0 unspecified atom stereocenters. The fourth-order valence-electron chi connectivity index (χ4n) is 0.900. The third-order valence-electron chi connectivity index (χ3n) is 1.71. The average Bonchev–Trinajstić information content (AvgIpc) is 2.08. The Kier molecular flexibility index (Phi) is 4.69. The lowest BCUT2D eigenvalue weighted by atomic mass is 10.2. The standard InChI is InChI=1S/C10H13ClFNS/c1-7(2)3-4-14-10-9(12)5-8(11)6-13-10/h5-7H,3-4H2,1-2H3. The van der Waals surface area contributed by atoms with Gasteiger partial charge < -0.3 is 0 Å². The number of thioether (sulfide) groups is 1. The summed E-state index contributed by atoms with van der Waals surface area (Å²) in [5, 5.41) is 0.783. The van der Waals surface area contributed by atoms with Crippen LogP contribution in [0.25, 0.3) is 0 Å². The van der Waals surface area contributed by atoms with E-state index in [1.165, 1.54) is 24.0 Å². The van der Waals surface area contributed by atoms with E-state index >= 15 is 0 Å². The predicted molar refractivity (Wildman–Crippen MR) is 59.4 cm³/mol. The van der Waals surface area contributed by atoms with Crippen molar-refractivity contribution in [2.24, 2.45) is 5.92 Å². The summed E-state index contributed by atoms with van der Waals surface area (Å²) in [5.74, 6) is 1.20. The molecule has 4 heteroatoms. The lowest BCUT2D eigenvalue weighted by Crippen LogP contribution is -1.92. The normalized spacial score (nSPS) is 10.9. The van der Waals surface area contributed by atoms with Crippen LogP contribution in [0.4, 0.5) is 4.39 Å². The van der Waals surface area contributed by atoms with Crippen LogP contribution < -0.4 is 0 Å². The topological polar surface area (TPSA) is 12.9 Å². The van der Waals surface area contributed by atoms with E-state index in [2.05, 4.69) is 18.8 Å². The van der Waals surface area contributed by atoms with Crippen LogP contribution in [0.1, 0.15) is 20.3 Å². The van der Waals surface area contributed by atoms with Gasteiger partial charge in [0, 0.05) is 6.20 Å². The summed E-state index contributed by atoms with van der Waals surface area (Å²) in [6.45, 7) is 4.29. The Morgan fingerprint density at radius 1 is 1.57 bits per heavy atom. The van der Waals surface area contributed by atoms with Gasteiger partial charge in [0.25, 0.3) is 0 Å². The molecule has 1 rings (SSSR count). The highest BCUT2D eigenvalue weighted by molar-refractivity contribution is 7.99. The summed E-state index contributed by atoms with van der Waals surface area (Å²) in [6, 6.07) is 1.30. The van der Waals surface area contributed by atoms with Crippen LogP contribution in [0.15, 0.2) is 17.3 Å². The SMILES string of the molecule is CC(C)CCSc1ncc(Cl)cc1F. The fraction of sp³-hybridized carbons (Fsp3) is 0.500. The smallest absolute Gasteiger partial charge is 0.156 e. The molecule has 1 aromatic rings. The van der Waals surface area contributed by atoms with Gasteiger partial charge in [-0.25, -0.2) is 9.37 Å². The number of hydrogen-bond donors (Lipinski definition) is 0. The number of nitrogens with zero attached hydrogens (tertiary/aromatic N) is 1. The molecule has 0 atom stereocenters. The van der Waals surface area contributed by atoms with E-state index in [0.717, 1.165) is 12.2 Å². The van der Waals surface area contributed by atoms with Crippen LogP contribution in [-0.2, 0) is 0 Å². The zero-order chi connectivity index (χ0) is 10.6. The zero-order valence-corrected chi connectivity index (χ0v) is 9.83. The Balaban J connectivity index is 2.51. The van der Waals surface area contributed by atoms with Crippen molar-refractivity contribution in [3.8, 4) is 0 Å². The number of aromatic nitrogens is 1. The summed E-state index contributed by atoms with van der Waals surface area (Å²) in [4.78, 5) is 3.93. The van der Waals surface area contributed by atoms with Gasteiger partial charge in [0.2, 0.25) is 0 Å². The highest BCUT2D eigenvalue weighted by Crippen LogP contribution is 2.23. The Bertz CT molecular complexity index is 304. The molecule has 0 spiro atoms. The van der Waals surface area contributed by atoms with Crippen LogP contribution >= 0.6 is 23.4 Å². The Morgan fingerprint density at radius 3 is 2.86 bits per heavy atom. The largest absolute Gasteiger partial charge is 0.245 e. The Morgan fingerprint density at radius 2 is 2.29 bits per heavy atom. The van der Waals surface area contributed by atoms with Crippen molar-refractivity contribution in [3.63, 3.8) is 0 Å². The molecule has 1 nitrogen and oxygen atoms in total. The highest BCUT2D eigenvalue weighted by Gasteiger charge is 2.05. The molecule has 0 amide bonds. The molecular formula is C10H13ClFNS. The predicted octanol–water partition coefficient (Wildman–Crippen LogP) is 4.01. The quantitative estimate of drug-likeness (QED) is 0.729. The molecule has 0 aliphatic carbocycles. The molecule has 0 aliphatic heterocycles. The van der Waals surface area contributed by atoms with E-state index in [0.29, 0.717) is 16.0 Å². The van der Waals surface area contributed by atoms with Gasteiger partial charge in [-0.1, -0.05) is 25.4 Å². The van der Waals surface area contributed by atoms with Gasteiger partial charge in [-0.2, -0.15) is 0 Å². The van der Waals surface area contributed by atoms with Gasteiger partial charge in [0.15, 0.2) is 5.82 Å². The monoisotopic (exact) mass is 233 g/mol. The van der Waals surface area contributed by atoms with E-state index in [1.54, 1.807) is 0 Å². The number of halogens is 2. The third kappa shape index (κ3) is 3.84. The first-order valence-electron chi connectivity index (χ1n) is 4.53. The van der Waals surface area contributed by atoms with Crippen molar-refractivity contribution in [1.82, 2.24) is 4.98 Å². The molecule has 0 saturated heterocycles. The van der Waals surface area contributed by atoms with Crippen LogP contribution in [0.2, 0.25) is 5.02 Å². The second kappa shape index (κ2) is 5.56. The minimum atomic E-state index is -0.328. The van der Waals surface area contributed by atoms with Crippen molar-refractivity contribution >= 4 is 23.4 Å². The number of hydrogen-bond acceptors (Lipinski definition) is 2. The first-order chi connectivity index (χ1) is 6.59. The van der Waals surface area contributed by atoms with E-state index in [-0.39, 0.29) is 5.82 Å². The molecule has 1 heterocycles. The summed E-state index contributed by atoms with van der Waals surface area (Å²) in [6.07, 6.45) is 2.54. The molecule has 0 bridgehead atoms. The van der Waals surface area contributed by atoms with Gasteiger partial charge in [-0.15, -0.1) is 11.8 Å². The number of pyridine rings is 1. The molecular weight excluding hydrogens is 221 g/mol. The summed E-state index contributed by atoms with van der Waals surface area (Å²) < 4.78 is 13.2. The lowest BCUT2D eigenvalue weighted by molar-refractivity contribution is 0.586. The van der Waals surface area contributed by atoms with Gasteiger partial charge in [-0.05, 0) is 24.2 Å². The molecule has 0 fully saturated rings. The van der Waals surface area contributed by atoms with Gasteiger partial charge in [0.05, 0.1) is 5.02 Å². The van der Waals surface area contributed by atoms with Crippen LogP contribution in [0.3, 0.4) is 0 Å². The van der Waals surface area contributed by atoms with Crippen molar-refractivity contribution in [3.05, 3.63) is 23.1 Å². The highest BCUT2D eigenvalue weighted by atomic mass is 35.5. The third-order valence-corrected chi connectivity index (χ3v) is 2.93. The molecule has 0 radical (unpaired) electrons. The van der Waals surface area contributed by atoms with Crippen molar-refractivity contribution in [2.45, 2.75) is 25.3 Å². The molecule has 0 N–H and O–H groups in total. The lowest BCUT2D eigenvalue weighted by Gasteiger charge is -2.04. The van der Waals surface area contributed by atoms with E-state index in [1.807, 2.05) is 0 Å². The summed E-state index contributed by atoms with van der Waals surface area (Å²) in [7, 11) is 0. The second-order valence-corrected chi connectivity index (χ2v) is 4.99. The van der Waals surface area contributed by atoms with Gasteiger partial charge in [0.1, 0.15) is 5.03 Å². The average molecular weight is 234 g/mol. The minimum absolute atomic E-state index is 0.328. The molecule has 1 aromatic heterocycles. The molecule has 0 saturated carbocycles. The van der Waals surface area contributed by atoms with Gasteiger partial charge in [-0.3, -0.25) is 0 Å². The summed E-state index contributed by atoms with van der Waals surface area (Å²) in [5.41, 5.74) is 0. The molecule has 0 aliphatic rings. The van der Waals surface area contributed by atoms with Crippen LogP contribution in [0.5, 0.6) is 0 Å². The van der Waals surface area contributed by atoms with E-state index in [4.69, 9.17) is 11.6 Å². The van der Waals surface area contributed by atoms with Gasteiger partial charge >= 0.3 is 0 Å². The maximum atomic E-state index is 13.2. The maximum Gasteiger partial charge on any atom is 0.156 e. The first-order valence-corrected chi connectivity index (χ1v) is 5.90. The minimum Gasteiger partial charge on any atom is -0.245 e. The van der Waals surface area contributed by atoms with E-state index in [9.17, 15) is 4.39 Å². The maximum absolute atomic E-state index is 13.2. The summed E-state index contributed by atoms with van der Waals surface area (Å²) >= 11 is 7.03. The van der Waals surface area contributed by atoms with E-state index < -0.39 is 0 Å². The second-order valence-electron chi connectivity index (χ2n) is 3.47. The number of rotatable bonds is 4. The van der Waals surface area contributed by atoms with Crippen LogP contribution in [-0.4, -0.2) is 10.7 Å².